The quantitative estimate of drug-likeness (QED) is 0.0857. The van der Waals surface area contributed by atoms with E-state index in [1.807, 2.05) is 6.08 Å². The van der Waals surface area contributed by atoms with Crippen molar-refractivity contribution in [3.8, 4) is 0 Å². The number of nitrogens with zero attached hydrogens (tertiary/aromatic N) is 2. The van der Waals surface area contributed by atoms with Gasteiger partial charge in [-0.1, -0.05) is 76.1 Å². The van der Waals surface area contributed by atoms with Crippen LogP contribution in [0.4, 0.5) is 4.39 Å². The van der Waals surface area contributed by atoms with E-state index in [0.717, 1.165) is 42.0 Å². The molecule has 0 radical (unpaired) electrons. The molecule has 0 aliphatic heterocycles. The van der Waals surface area contributed by atoms with E-state index in [9.17, 15) is 4.39 Å². The number of nitrogens with two attached hydrogens (primary N) is 1. The Hall–Kier alpha value is -3.48. The molecule has 0 spiro atoms. The summed E-state index contributed by atoms with van der Waals surface area (Å²) in [6, 6.07) is 8.04. The van der Waals surface area contributed by atoms with Crippen molar-refractivity contribution in [2.45, 2.75) is 52.1 Å². The smallest absolute Gasteiger partial charge is 0.188 e. The summed E-state index contributed by atoms with van der Waals surface area (Å²) in [6.07, 6.45) is 4.15. The SMILES string of the molecule is C=CCCN(CC(=C)N[C@@H](CCCNC(N)=NC)C(=C)CF)C(=C)C(NC(=C)c1ccc(C)cc1)C(C)C. The Kier molecular flexibility index (Phi) is 14.7. The third-order valence-electron chi connectivity index (χ3n) is 6.41. The van der Waals surface area contributed by atoms with Gasteiger partial charge >= 0.3 is 0 Å². The lowest BCUT2D eigenvalue weighted by molar-refractivity contribution is 0.311. The number of aliphatic imine (C=N–C) groups is 1. The molecular formula is C31H49FN6. The van der Waals surface area contributed by atoms with Gasteiger partial charge < -0.3 is 26.6 Å². The van der Waals surface area contributed by atoms with Crippen LogP contribution >= 0.6 is 0 Å². The average molecular weight is 525 g/mol. The summed E-state index contributed by atoms with van der Waals surface area (Å²) < 4.78 is 13.5. The number of hydrogen-bond acceptors (Lipinski definition) is 4. The molecule has 0 aliphatic rings. The van der Waals surface area contributed by atoms with Crippen molar-refractivity contribution in [2.75, 3.05) is 33.4 Å². The largest absolute Gasteiger partial charge is 0.381 e. The molecule has 0 bridgehead atoms. The third kappa shape index (κ3) is 11.3. The van der Waals surface area contributed by atoms with Gasteiger partial charge in [-0.3, -0.25) is 4.99 Å². The molecule has 7 heteroatoms. The first-order valence-electron chi connectivity index (χ1n) is 13.2. The molecule has 1 aromatic rings. The van der Waals surface area contributed by atoms with E-state index >= 15 is 0 Å². The summed E-state index contributed by atoms with van der Waals surface area (Å²) in [6.45, 7) is 28.5. The number of nitrogens with one attached hydrogen (secondary N) is 3. The van der Waals surface area contributed by atoms with E-state index in [1.54, 1.807) is 7.05 Å². The molecule has 0 aliphatic carbocycles. The Morgan fingerprint density at radius 3 is 2.34 bits per heavy atom. The summed E-state index contributed by atoms with van der Waals surface area (Å²) in [7, 11) is 1.63. The first-order chi connectivity index (χ1) is 18.0. The van der Waals surface area contributed by atoms with E-state index in [0.29, 0.717) is 31.0 Å². The molecule has 0 aromatic heterocycles. The number of guanidine groups is 1. The molecule has 0 saturated heterocycles. The summed E-state index contributed by atoms with van der Waals surface area (Å²) in [4.78, 5) is 6.09. The minimum Gasteiger partial charge on any atom is -0.381 e. The van der Waals surface area contributed by atoms with Gasteiger partial charge in [-0.05, 0) is 43.2 Å². The number of alkyl halides is 1. The average Bonchev–Trinajstić information content (AvgIpc) is 2.90. The highest BCUT2D eigenvalue weighted by atomic mass is 19.1. The van der Waals surface area contributed by atoms with Gasteiger partial charge in [0.15, 0.2) is 5.96 Å². The highest BCUT2D eigenvalue weighted by Crippen LogP contribution is 2.21. The zero-order chi connectivity index (χ0) is 28.7. The van der Waals surface area contributed by atoms with Crippen LogP contribution in [0.1, 0.15) is 44.2 Å². The Bertz CT molecular complexity index is 963. The minimum absolute atomic E-state index is 0.0326. The fourth-order valence-corrected chi connectivity index (χ4v) is 4.02. The molecule has 2 atom stereocenters. The van der Waals surface area contributed by atoms with Crippen molar-refractivity contribution in [1.82, 2.24) is 20.9 Å². The predicted octanol–water partition coefficient (Wildman–Crippen LogP) is 5.28. The van der Waals surface area contributed by atoms with Crippen LogP contribution in [-0.2, 0) is 0 Å². The van der Waals surface area contributed by atoms with Crippen molar-refractivity contribution in [1.29, 1.82) is 0 Å². The maximum absolute atomic E-state index is 13.5. The standard InChI is InChI=1S/C31H49FN6/c1-10-11-19-38(21-25(6)36-29(24(5)20-32)13-12-18-35-31(33)34-9)27(8)30(22(2)3)37-26(7)28-16-14-23(4)15-17-28/h10,14-17,22,29-30,36-37H,1,5-8,11-13,18-21H2,2-4,9H3,(H3,33,34,35)/t29-,30?/m0/s1. The van der Waals surface area contributed by atoms with Gasteiger partial charge in [0.2, 0.25) is 0 Å². The van der Waals surface area contributed by atoms with Crippen LogP contribution in [0.15, 0.2) is 85.2 Å². The molecule has 1 aromatic carbocycles. The van der Waals surface area contributed by atoms with E-state index in [1.165, 1.54) is 5.56 Å². The Morgan fingerprint density at radius 2 is 1.79 bits per heavy atom. The molecule has 210 valence electrons. The van der Waals surface area contributed by atoms with Crippen LogP contribution in [0.3, 0.4) is 0 Å². The van der Waals surface area contributed by atoms with E-state index in [2.05, 4.69) is 104 Å². The van der Waals surface area contributed by atoms with E-state index < -0.39 is 6.67 Å². The van der Waals surface area contributed by atoms with Crippen LogP contribution < -0.4 is 21.7 Å². The number of halogens is 1. The third-order valence-corrected chi connectivity index (χ3v) is 6.41. The maximum atomic E-state index is 13.5. The van der Waals surface area contributed by atoms with Crippen LogP contribution in [0.2, 0.25) is 0 Å². The van der Waals surface area contributed by atoms with Gasteiger partial charge in [0.25, 0.3) is 0 Å². The summed E-state index contributed by atoms with van der Waals surface area (Å²) in [5, 5.41) is 10.0. The molecule has 0 heterocycles. The van der Waals surface area contributed by atoms with Crippen LogP contribution in [0, 0.1) is 12.8 Å². The molecule has 1 unspecified atom stereocenters. The fourth-order valence-electron chi connectivity index (χ4n) is 4.02. The molecule has 0 amide bonds. The van der Waals surface area contributed by atoms with E-state index in [4.69, 9.17) is 5.73 Å². The van der Waals surface area contributed by atoms with Crippen LogP contribution in [0.5, 0.6) is 0 Å². The summed E-state index contributed by atoms with van der Waals surface area (Å²) >= 11 is 0. The highest BCUT2D eigenvalue weighted by molar-refractivity contribution is 5.77. The molecule has 6 nitrogen and oxygen atoms in total. The minimum atomic E-state index is -0.593. The Balaban J connectivity index is 2.94. The molecule has 0 saturated carbocycles. The van der Waals surface area contributed by atoms with Crippen molar-refractivity contribution < 1.29 is 4.39 Å². The second-order valence-corrected chi connectivity index (χ2v) is 9.97. The summed E-state index contributed by atoms with van der Waals surface area (Å²) in [5.41, 5.74) is 11.0. The second-order valence-electron chi connectivity index (χ2n) is 9.97. The van der Waals surface area contributed by atoms with Gasteiger partial charge in [-0.2, -0.15) is 0 Å². The first-order valence-corrected chi connectivity index (χ1v) is 13.2. The molecule has 38 heavy (non-hydrogen) atoms. The number of hydrogen-bond donors (Lipinski definition) is 4. The van der Waals surface area contributed by atoms with Gasteiger partial charge in [0.05, 0.1) is 12.6 Å². The topological polar surface area (TPSA) is 77.7 Å². The van der Waals surface area contributed by atoms with Crippen molar-refractivity contribution in [3.05, 3.63) is 91.3 Å². The van der Waals surface area contributed by atoms with Gasteiger partial charge in [0, 0.05) is 43.3 Å². The maximum Gasteiger partial charge on any atom is 0.188 e. The number of rotatable bonds is 19. The lowest BCUT2D eigenvalue weighted by atomic mass is 9.98. The van der Waals surface area contributed by atoms with E-state index in [-0.39, 0.29) is 18.0 Å². The molecule has 5 N–H and O–H groups in total. The fraction of sp³-hybridized carbons (Fsp3) is 0.452. The van der Waals surface area contributed by atoms with Gasteiger partial charge in [-0.15, -0.1) is 6.58 Å². The van der Waals surface area contributed by atoms with Gasteiger partial charge in [-0.25, -0.2) is 4.39 Å². The molecule has 1 rings (SSSR count). The van der Waals surface area contributed by atoms with Gasteiger partial charge in [0.1, 0.15) is 6.67 Å². The predicted molar refractivity (Wildman–Crippen MR) is 163 cm³/mol. The number of aryl methyl sites for hydroxylation is 1. The van der Waals surface area contributed by atoms with Crippen molar-refractivity contribution in [2.24, 2.45) is 16.6 Å². The summed E-state index contributed by atoms with van der Waals surface area (Å²) in [5.74, 6) is 0.654. The molecular weight excluding hydrogens is 475 g/mol. The zero-order valence-corrected chi connectivity index (χ0v) is 24.0. The lowest BCUT2D eigenvalue weighted by Gasteiger charge is -2.36. The first kappa shape index (κ1) is 32.5. The molecule has 0 fully saturated rings. The lowest BCUT2D eigenvalue weighted by Crippen LogP contribution is -2.43. The van der Waals surface area contributed by atoms with Crippen LogP contribution in [0.25, 0.3) is 5.70 Å². The normalized spacial score (nSPS) is 12.8. The highest BCUT2D eigenvalue weighted by Gasteiger charge is 2.23. The second kappa shape index (κ2) is 17.1. The Labute approximate surface area is 230 Å². The zero-order valence-electron chi connectivity index (χ0n) is 24.0. The Morgan fingerprint density at radius 1 is 1.13 bits per heavy atom. The monoisotopic (exact) mass is 524 g/mol. The van der Waals surface area contributed by atoms with Crippen molar-refractivity contribution in [3.63, 3.8) is 0 Å². The van der Waals surface area contributed by atoms with Crippen molar-refractivity contribution >= 4 is 11.7 Å². The number of benzene rings is 1. The van der Waals surface area contributed by atoms with Crippen LogP contribution in [-0.4, -0.2) is 56.3 Å².